The van der Waals surface area contributed by atoms with E-state index >= 15 is 0 Å². The van der Waals surface area contributed by atoms with Gasteiger partial charge in [0.2, 0.25) is 16.2 Å². The largest absolute Gasteiger partial charge is 0.505 e. The highest BCUT2D eigenvalue weighted by molar-refractivity contribution is 7.19. The van der Waals surface area contributed by atoms with Gasteiger partial charge in [0.15, 0.2) is 17.4 Å². The van der Waals surface area contributed by atoms with E-state index < -0.39 is 12.4 Å². The Bertz CT molecular complexity index is 1230. The molecular weight excluding hydrogens is 549 g/mol. The molecule has 2 fully saturated rings. The van der Waals surface area contributed by atoms with Crippen molar-refractivity contribution in [2.24, 2.45) is 5.92 Å². The molecule has 40 heavy (non-hydrogen) atoms. The maximum Gasteiger partial charge on any atom is 0.342 e. The molecule has 4 heterocycles. The summed E-state index contributed by atoms with van der Waals surface area (Å²) in [5.41, 5.74) is 0.834. The van der Waals surface area contributed by atoms with E-state index in [2.05, 4.69) is 40.8 Å². The quantitative estimate of drug-likeness (QED) is 0.314. The fraction of sp³-hybridized carbons (Fsp3) is 0.480. The van der Waals surface area contributed by atoms with Crippen molar-refractivity contribution in [3.8, 4) is 5.75 Å². The van der Waals surface area contributed by atoms with Gasteiger partial charge in [-0.1, -0.05) is 17.4 Å². The number of nitrogens with one attached hydrogen (secondary N) is 2. The van der Waals surface area contributed by atoms with Crippen molar-refractivity contribution in [3.63, 3.8) is 0 Å². The number of carbonyl (C=O) groups excluding carboxylic acids is 1. The lowest BCUT2D eigenvalue weighted by atomic mass is 9.93. The Balaban J connectivity index is 0.000000867. The SMILES string of the molecule is O=C(CC1CCN(Cc2ccc(O)c(F)c2)CC1)Nc1nnc(NC2CCN(c3cccnn3)C2)s1.OC(F)F. The lowest BCUT2D eigenvalue weighted by Gasteiger charge is -2.31. The number of nitrogens with zero attached hydrogens (tertiary/aromatic N) is 6. The van der Waals surface area contributed by atoms with Crippen molar-refractivity contribution in [2.75, 3.05) is 41.7 Å². The minimum atomic E-state index is -3.17. The van der Waals surface area contributed by atoms with Crippen LogP contribution >= 0.6 is 11.3 Å². The summed E-state index contributed by atoms with van der Waals surface area (Å²) < 4.78 is 33.3. The van der Waals surface area contributed by atoms with Gasteiger partial charge >= 0.3 is 6.61 Å². The number of phenolic OH excluding ortho intramolecular Hbond substituents is 1. The van der Waals surface area contributed by atoms with E-state index in [1.165, 1.54) is 23.5 Å². The smallest absolute Gasteiger partial charge is 0.342 e. The van der Waals surface area contributed by atoms with Crippen molar-refractivity contribution in [3.05, 3.63) is 47.9 Å². The lowest BCUT2D eigenvalue weighted by molar-refractivity contribution is -0.117. The summed E-state index contributed by atoms with van der Waals surface area (Å²) >= 11 is 1.34. The lowest BCUT2D eigenvalue weighted by Crippen LogP contribution is -2.34. The Morgan fingerprint density at radius 2 is 1.85 bits per heavy atom. The average molecular weight is 581 g/mol. The molecule has 216 valence electrons. The molecule has 5 rings (SSSR count). The number of aliphatic hydroxyl groups is 1. The molecule has 11 nitrogen and oxygen atoms in total. The van der Waals surface area contributed by atoms with E-state index in [9.17, 15) is 23.1 Å². The number of alkyl halides is 2. The number of likely N-dealkylation sites (tertiary alicyclic amines) is 1. The molecule has 0 aliphatic carbocycles. The van der Waals surface area contributed by atoms with Crippen molar-refractivity contribution in [1.29, 1.82) is 0 Å². The topological polar surface area (TPSA) is 140 Å². The molecule has 0 bridgehead atoms. The first kappa shape index (κ1) is 29.4. The van der Waals surface area contributed by atoms with Crippen LogP contribution in [0.3, 0.4) is 0 Å². The third-order valence-corrected chi connectivity index (χ3v) is 7.44. The first-order valence-electron chi connectivity index (χ1n) is 12.8. The number of hydrogen-bond donors (Lipinski definition) is 4. The summed E-state index contributed by atoms with van der Waals surface area (Å²) in [6, 6.07) is 8.57. The number of rotatable bonds is 8. The Morgan fingerprint density at radius 1 is 1.10 bits per heavy atom. The van der Waals surface area contributed by atoms with Crippen LogP contribution in [0, 0.1) is 11.7 Å². The van der Waals surface area contributed by atoms with Crippen LogP contribution in [0.25, 0.3) is 0 Å². The zero-order chi connectivity index (χ0) is 28.5. The van der Waals surface area contributed by atoms with Crippen LogP contribution in [-0.4, -0.2) is 80.2 Å². The minimum Gasteiger partial charge on any atom is -0.505 e. The number of benzene rings is 1. The number of phenols is 1. The summed E-state index contributed by atoms with van der Waals surface area (Å²) in [7, 11) is 0. The van der Waals surface area contributed by atoms with Crippen LogP contribution in [0.2, 0.25) is 0 Å². The van der Waals surface area contributed by atoms with Crippen LogP contribution in [-0.2, 0) is 11.3 Å². The highest BCUT2D eigenvalue weighted by atomic mass is 32.1. The van der Waals surface area contributed by atoms with Crippen LogP contribution < -0.4 is 15.5 Å². The second-order valence-electron chi connectivity index (χ2n) is 9.61. The number of anilines is 3. The van der Waals surface area contributed by atoms with Crippen molar-refractivity contribution in [1.82, 2.24) is 25.3 Å². The fourth-order valence-corrected chi connectivity index (χ4v) is 5.48. The molecule has 0 saturated carbocycles. The van der Waals surface area contributed by atoms with E-state index in [-0.39, 0.29) is 17.7 Å². The third kappa shape index (κ3) is 8.99. The van der Waals surface area contributed by atoms with Crippen LogP contribution in [0.1, 0.15) is 31.2 Å². The van der Waals surface area contributed by atoms with E-state index in [0.717, 1.165) is 56.8 Å². The molecule has 1 amide bonds. The molecule has 2 aliphatic rings. The Morgan fingerprint density at radius 3 is 2.55 bits per heavy atom. The van der Waals surface area contributed by atoms with Gasteiger partial charge in [-0.05, 0) is 68.1 Å². The molecule has 1 unspecified atom stereocenters. The molecule has 3 aromatic rings. The van der Waals surface area contributed by atoms with Gasteiger partial charge < -0.3 is 25.7 Å². The van der Waals surface area contributed by atoms with Gasteiger partial charge in [-0.25, -0.2) is 4.39 Å². The molecule has 1 atom stereocenters. The predicted molar refractivity (Wildman–Crippen MR) is 144 cm³/mol. The molecule has 15 heteroatoms. The van der Waals surface area contributed by atoms with Gasteiger partial charge in [-0.3, -0.25) is 9.69 Å². The summed E-state index contributed by atoms with van der Waals surface area (Å²) in [5, 5.41) is 40.0. The van der Waals surface area contributed by atoms with Gasteiger partial charge in [0.25, 0.3) is 0 Å². The monoisotopic (exact) mass is 580 g/mol. The van der Waals surface area contributed by atoms with Gasteiger partial charge in [0, 0.05) is 38.3 Å². The molecule has 0 radical (unpaired) electrons. The van der Waals surface area contributed by atoms with Gasteiger partial charge in [-0.15, -0.1) is 15.3 Å². The Labute approximate surface area is 233 Å². The average Bonchev–Trinajstić information content (AvgIpc) is 3.57. The van der Waals surface area contributed by atoms with Gasteiger partial charge in [0.1, 0.15) is 0 Å². The van der Waals surface area contributed by atoms with Crippen molar-refractivity contribution >= 4 is 33.3 Å². The molecule has 4 N–H and O–H groups in total. The third-order valence-electron chi connectivity index (χ3n) is 6.67. The van der Waals surface area contributed by atoms with Crippen LogP contribution in [0.15, 0.2) is 36.5 Å². The highest BCUT2D eigenvalue weighted by Crippen LogP contribution is 2.27. The van der Waals surface area contributed by atoms with E-state index in [1.807, 2.05) is 12.1 Å². The Hall–Kier alpha value is -3.56. The van der Waals surface area contributed by atoms with Crippen LogP contribution in [0.5, 0.6) is 5.75 Å². The standard InChI is InChI=1S/C24H29FN8O2S.CH2F2O/c25-19-12-17(3-4-20(19)34)14-32-9-5-16(6-10-32)13-22(35)28-24-31-30-23(36-24)27-18-7-11-33(15-18)21-2-1-8-26-29-21;2-1(3)4/h1-4,8,12,16,18,34H,5-7,9-11,13-15H2,(H,27,30)(H,28,31,35);1,4H. The number of aromatic nitrogens is 4. The van der Waals surface area contributed by atoms with Gasteiger partial charge in [0.05, 0.1) is 0 Å². The number of hydrogen-bond acceptors (Lipinski definition) is 11. The first-order valence-corrected chi connectivity index (χ1v) is 13.7. The molecule has 2 saturated heterocycles. The van der Waals surface area contributed by atoms with E-state index in [1.54, 1.807) is 12.3 Å². The number of carbonyl (C=O) groups is 1. The number of aromatic hydroxyl groups is 1. The first-order chi connectivity index (χ1) is 19.2. The fourth-order valence-electron chi connectivity index (χ4n) is 4.74. The molecular formula is C25H31F3N8O3S. The number of amides is 1. The normalized spacial score (nSPS) is 17.9. The van der Waals surface area contributed by atoms with Crippen molar-refractivity contribution in [2.45, 2.75) is 44.9 Å². The van der Waals surface area contributed by atoms with E-state index in [0.29, 0.717) is 29.1 Å². The highest BCUT2D eigenvalue weighted by Gasteiger charge is 2.25. The summed E-state index contributed by atoms with van der Waals surface area (Å²) in [4.78, 5) is 17.0. The minimum absolute atomic E-state index is 0.0496. The van der Waals surface area contributed by atoms with Crippen LogP contribution in [0.4, 0.5) is 29.3 Å². The number of piperidine rings is 1. The number of halogens is 3. The number of aliphatic hydroxyl groups excluding tert-OH is 1. The van der Waals surface area contributed by atoms with Gasteiger partial charge in [-0.2, -0.15) is 13.9 Å². The maximum atomic E-state index is 13.6. The summed E-state index contributed by atoms with van der Waals surface area (Å²) in [6.45, 7) is 0.860. The second kappa shape index (κ2) is 14.2. The second-order valence-corrected chi connectivity index (χ2v) is 10.6. The summed E-state index contributed by atoms with van der Waals surface area (Å²) in [6.07, 6.45) is 4.87. The molecule has 0 spiro atoms. The maximum absolute atomic E-state index is 13.6. The zero-order valence-corrected chi connectivity index (χ0v) is 22.4. The zero-order valence-electron chi connectivity index (χ0n) is 21.6. The molecule has 1 aromatic carbocycles. The Kier molecular flexibility index (Phi) is 10.4. The predicted octanol–water partition coefficient (Wildman–Crippen LogP) is 3.31. The summed E-state index contributed by atoms with van der Waals surface area (Å²) in [5.74, 6) is 0.194. The molecule has 2 aromatic heterocycles. The van der Waals surface area contributed by atoms with Crippen molar-refractivity contribution < 1.29 is 28.2 Å². The van der Waals surface area contributed by atoms with E-state index in [4.69, 9.17) is 5.11 Å². The molecule has 2 aliphatic heterocycles.